The van der Waals surface area contributed by atoms with Crippen LogP contribution in [0.3, 0.4) is 0 Å². The monoisotopic (exact) mass is 543 g/mol. The number of amides is 1. The number of aromatic nitrogens is 2. The topological polar surface area (TPSA) is 95.1 Å². The molecule has 0 bridgehead atoms. The molecule has 1 amide bonds. The number of carbonyl (C=O) groups is 1. The zero-order chi connectivity index (χ0) is 27.4. The maximum absolute atomic E-state index is 12.3. The number of nitrogens with one attached hydrogen (secondary N) is 2. The minimum absolute atomic E-state index is 0.269. The van der Waals surface area contributed by atoms with Gasteiger partial charge >= 0.3 is 0 Å². The van der Waals surface area contributed by atoms with E-state index < -0.39 is 0 Å². The molecule has 11 heteroatoms. The van der Waals surface area contributed by atoms with Crippen LogP contribution in [-0.4, -0.2) is 86.4 Å². The van der Waals surface area contributed by atoms with Crippen molar-refractivity contribution in [2.75, 3.05) is 74.5 Å². The van der Waals surface area contributed by atoms with Gasteiger partial charge in [-0.15, -0.1) is 0 Å². The summed E-state index contributed by atoms with van der Waals surface area (Å²) in [6.07, 6.45) is 4.92. The second-order valence-electron chi connectivity index (χ2n) is 10.5. The number of hydrogen-bond acceptors (Lipinski definition) is 9. The summed E-state index contributed by atoms with van der Waals surface area (Å²) in [7, 11) is 5.85. The van der Waals surface area contributed by atoms with Crippen LogP contribution in [-0.2, 0) is 9.53 Å². The minimum Gasteiger partial charge on any atom is -0.494 e. The van der Waals surface area contributed by atoms with E-state index in [0.717, 1.165) is 31.6 Å². The molecule has 38 heavy (non-hydrogen) atoms. The fourth-order valence-corrected chi connectivity index (χ4v) is 5.18. The number of methoxy groups -OCH3 is 1. The number of hydrogen-bond donors (Lipinski definition) is 2. The van der Waals surface area contributed by atoms with Crippen molar-refractivity contribution >= 4 is 46.3 Å². The molecule has 206 valence electrons. The van der Waals surface area contributed by atoms with E-state index in [2.05, 4.69) is 64.8 Å². The van der Waals surface area contributed by atoms with Gasteiger partial charge in [0.15, 0.2) is 5.82 Å². The van der Waals surface area contributed by atoms with E-state index in [-0.39, 0.29) is 11.4 Å². The van der Waals surface area contributed by atoms with Crippen LogP contribution < -0.4 is 25.2 Å². The number of morpholine rings is 1. The Morgan fingerprint density at radius 1 is 1.26 bits per heavy atom. The number of nitrogens with zero attached hydrogens (tertiary/aromatic N) is 5. The van der Waals surface area contributed by atoms with Gasteiger partial charge in [-0.1, -0.05) is 18.2 Å². The van der Waals surface area contributed by atoms with Crippen molar-refractivity contribution in [3.63, 3.8) is 0 Å². The molecule has 2 fully saturated rings. The van der Waals surface area contributed by atoms with Crippen LogP contribution in [0.5, 0.6) is 5.75 Å². The van der Waals surface area contributed by atoms with Gasteiger partial charge in [-0.25, -0.2) is 4.98 Å². The Balaban J connectivity index is 1.67. The number of piperidine rings is 1. The molecule has 0 atom stereocenters. The van der Waals surface area contributed by atoms with Gasteiger partial charge in [-0.05, 0) is 52.9 Å². The van der Waals surface area contributed by atoms with Crippen LogP contribution in [0.25, 0.3) is 0 Å². The van der Waals surface area contributed by atoms with Crippen molar-refractivity contribution in [2.45, 2.75) is 38.3 Å². The Morgan fingerprint density at radius 3 is 2.63 bits per heavy atom. The summed E-state index contributed by atoms with van der Waals surface area (Å²) in [5.74, 6) is 1.32. The quantitative estimate of drug-likeness (QED) is 0.476. The summed E-state index contributed by atoms with van der Waals surface area (Å²) in [4.78, 5) is 28.2. The summed E-state index contributed by atoms with van der Waals surface area (Å²) >= 11 is 6.53. The van der Waals surface area contributed by atoms with E-state index in [1.807, 2.05) is 12.1 Å². The van der Waals surface area contributed by atoms with Gasteiger partial charge < -0.3 is 34.8 Å². The van der Waals surface area contributed by atoms with Gasteiger partial charge in [0.25, 0.3) is 0 Å². The summed E-state index contributed by atoms with van der Waals surface area (Å²) in [6.45, 7) is 11.4. The first kappa shape index (κ1) is 27.9. The Bertz CT molecular complexity index is 1170. The van der Waals surface area contributed by atoms with Gasteiger partial charge in [-0.3, -0.25) is 4.79 Å². The standard InChI is InChI=1S/C27H38ClN7O3/c1-7-24(36)30-20-14-21(23(37-6)15-22(20)34-10-8-18(9-11-34)33(4)5)31-26-29-16-19(28)25(32-26)35-12-13-38-17-27(35,2)3/h7,14-16,18H,1,8-13,17H2,2-6H3,(H,30,36)(H,29,31,32). The lowest BCUT2D eigenvalue weighted by Crippen LogP contribution is -2.53. The molecule has 0 aliphatic carbocycles. The lowest BCUT2D eigenvalue weighted by atomic mass is 10.0. The van der Waals surface area contributed by atoms with E-state index in [1.165, 1.54) is 6.08 Å². The highest BCUT2D eigenvalue weighted by Crippen LogP contribution is 2.40. The Labute approximate surface area is 230 Å². The smallest absolute Gasteiger partial charge is 0.247 e. The van der Waals surface area contributed by atoms with Crippen molar-refractivity contribution in [3.05, 3.63) is 36.0 Å². The lowest BCUT2D eigenvalue weighted by molar-refractivity contribution is -0.111. The van der Waals surface area contributed by atoms with Crippen LogP contribution in [0.4, 0.5) is 28.8 Å². The van der Waals surface area contributed by atoms with Crippen LogP contribution >= 0.6 is 11.6 Å². The number of carbonyl (C=O) groups excluding carboxylic acids is 1. The van der Waals surface area contributed by atoms with Crippen molar-refractivity contribution in [2.24, 2.45) is 0 Å². The number of rotatable bonds is 8. The highest BCUT2D eigenvalue weighted by atomic mass is 35.5. The van der Waals surface area contributed by atoms with Crippen LogP contribution in [0.1, 0.15) is 26.7 Å². The summed E-state index contributed by atoms with van der Waals surface area (Å²) < 4.78 is 11.4. The molecule has 2 aliphatic heterocycles. The predicted octanol–water partition coefficient (Wildman–Crippen LogP) is 4.15. The molecular formula is C27H38ClN7O3. The SMILES string of the molecule is C=CC(=O)Nc1cc(Nc2ncc(Cl)c(N3CCOCC3(C)C)n2)c(OC)cc1N1CCC(N(C)C)CC1. The van der Waals surface area contributed by atoms with Crippen molar-refractivity contribution < 1.29 is 14.3 Å². The largest absolute Gasteiger partial charge is 0.494 e. The van der Waals surface area contributed by atoms with E-state index in [9.17, 15) is 4.79 Å². The van der Waals surface area contributed by atoms with Crippen molar-refractivity contribution in [1.82, 2.24) is 14.9 Å². The zero-order valence-corrected chi connectivity index (χ0v) is 23.6. The molecule has 3 heterocycles. The Kier molecular flexibility index (Phi) is 8.64. The first-order valence-corrected chi connectivity index (χ1v) is 13.2. The summed E-state index contributed by atoms with van der Waals surface area (Å²) in [5, 5.41) is 6.70. The number of anilines is 5. The number of halogens is 1. The maximum Gasteiger partial charge on any atom is 0.247 e. The van der Waals surface area contributed by atoms with Gasteiger partial charge in [0.1, 0.15) is 10.8 Å². The molecular weight excluding hydrogens is 506 g/mol. The molecule has 2 aromatic rings. The maximum atomic E-state index is 12.3. The number of benzene rings is 1. The third-order valence-electron chi connectivity index (χ3n) is 7.17. The average molecular weight is 544 g/mol. The van der Waals surface area contributed by atoms with Crippen LogP contribution in [0.15, 0.2) is 31.0 Å². The third-order valence-corrected chi connectivity index (χ3v) is 7.44. The minimum atomic E-state index is -0.287. The molecule has 1 aromatic heterocycles. The van der Waals surface area contributed by atoms with Gasteiger partial charge in [-0.2, -0.15) is 4.98 Å². The summed E-state index contributed by atoms with van der Waals surface area (Å²) in [6, 6.07) is 4.33. The van der Waals surface area contributed by atoms with Crippen LogP contribution in [0, 0.1) is 0 Å². The molecule has 0 radical (unpaired) electrons. The first-order chi connectivity index (χ1) is 18.1. The molecule has 0 unspecified atom stereocenters. The second-order valence-corrected chi connectivity index (χ2v) is 10.9. The molecule has 2 aliphatic rings. The Hall–Kier alpha value is -3.08. The molecule has 1 aromatic carbocycles. The average Bonchev–Trinajstić information content (AvgIpc) is 2.90. The zero-order valence-electron chi connectivity index (χ0n) is 22.9. The first-order valence-electron chi connectivity index (χ1n) is 12.8. The van der Waals surface area contributed by atoms with Gasteiger partial charge in [0.05, 0.1) is 49.1 Å². The second kappa shape index (κ2) is 11.8. The van der Waals surface area contributed by atoms with E-state index in [0.29, 0.717) is 59.7 Å². The van der Waals surface area contributed by atoms with Gasteiger partial charge in [0, 0.05) is 31.7 Å². The molecule has 10 nitrogen and oxygen atoms in total. The van der Waals surface area contributed by atoms with E-state index in [4.69, 9.17) is 26.1 Å². The highest BCUT2D eigenvalue weighted by Gasteiger charge is 2.33. The van der Waals surface area contributed by atoms with Crippen molar-refractivity contribution in [1.29, 1.82) is 0 Å². The molecule has 2 saturated heterocycles. The molecule has 4 rings (SSSR count). The molecule has 2 N–H and O–H groups in total. The lowest BCUT2D eigenvalue weighted by Gasteiger charge is -2.43. The van der Waals surface area contributed by atoms with Gasteiger partial charge in [0.2, 0.25) is 11.9 Å². The highest BCUT2D eigenvalue weighted by molar-refractivity contribution is 6.32. The normalized spacial score (nSPS) is 17.9. The third kappa shape index (κ3) is 6.14. The summed E-state index contributed by atoms with van der Waals surface area (Å²) in [5.41, 5.74) is 1.90. The number of ether oxygens (including phenoxy) is 2. The predicted molar refractivity (Wildman–Crippen MR) is 153 cm³/mol. The molecule has 0 saturated carbocycles. The molecule has 0 spiro atoms. The van der Waals surface area contributed by atoms with Crippen molar-refractivity contribution in [3.8, 4) is 5.75 Å². The van der Waals surface area contributed by atoms with Crippen LogP contribution in [0.2, 0.25) is 5.02 Å². The van der Waals surface area contributed by atoms with E-state index >= 15 is 0 Å². The van der Waals surface area contributed by atoms with E-state index in [1.54, 1.807) is 13.3 Å². The fourth-order valence-electron chi connectivity index (χ4n) is 4.98. The fraction of sp³-hybridized carbons (Fsp3) is 0.519. The Morgan fingerprint density at radius 2 is 2.00 bits per heavy atom.